The fraction of sp³-hybridized carbons (Fsp3) is 0.667. The minimum atomic E-state index is 0.0819. The van der Waals surface area contributed by atoms with E-state index >= 15 is 0 Å². The highest BCUT2D eigenvalue weighted by Gasteiger charge is 2.14. The summed E-state index contributed by atoms with van der Waals surface area (Å²) in [4.78, 5) is 13.4. The first kappa shape index (κ1) is 13.7. The minimum absolute atomic E-state index is 0.0819. The molecule has 0 unspecified atom stereocenters. The smallest absolute Gasteiger partial charge is 0.222 e. The second kappa shape index (κ2) is 6.39. The molecule has 0 bridgehead atoms. The summed E-state index contributed by atoms with van der Waals surface area (Å²) in [7, 11) is 1.77. The zero-order chi connectivity index (χ0) is 12.8. The first-order chi connectivity index (χ1) is 8.06. The van der Waals surface area contributed by atoms with Crippen molar-refractivity contribution in [1.82, 2.24) is 10.1 Å². The average Bonchev–Trinajstić information content (AvgIpc) is 2.61. The van der Waals surface area contributed by atoms with Gasteiger partial charge in [0.25, 0.3) is 0 Å². The molecule has 0 saturated carbocycles. The quantitative estimate of drug-likeness (QED) is 0.763. The number of aliphatic hydroxyl groups is 1. The van der Waals surface area contributed by atoms with Crippen LogP contribution in [0.15, 0.2) is 4.52 Å². The molecule has 0 aliphatic carbocycles. The van der Waals surface area contributed by atoms with Gasteiger partial charge in [0.2, 0.25) is 5.91 Å². The second-order valence-electron chi connectivity index (χ2n) is 4.23. The summed E-state index contributed by atoms with van der Waals surface area (Å²) in [5, 5.41) is 12.5. The lowest BCUT2D eigenvalue weighted by atomic mass is 10.2. The van der Waals surface area contributed by atoms with Gasteiger partial charge in [-0.15, -0.1) is 0 Å². The molecule has 0 aliphatic heterocycles. The highest BCUT2D eigenvalue weighted by molar-refractivity contribution is 5.75. The molecule has 96 valence electrons. The lowest BCUT2D eigenvalue weighted by Gasteiger charge is -2.16. The molecule has 0 radical (unpaired) electrons. The molecule has 1 N–H and O–H groups in total. The molecular formula is C12H20N2O3. The number of aromatic nitrogens is 1. The Hall–Kier alpha value is -1.36. The van der Waals surface area contributed by atoms with E-state index in [4.69, 9.17) is 9.63 Å². The van der Waals surface area contributed by atoms with Gasteiger partial charge in [-0.05, 0) is 26.7 Å². The fourth-order valence-corrected chi connectivity index (χ4v) is 1.63. The molecule has 1 aromatic heterocycles. The van der Waals surface area contributed by atoms with Gasteiger partial charge in [0.1, 0.15) is 5.76 Å². The molecule has 0 fully saturated rings. The van der Waals surface area contributed by atoms with Crippen molar-refractivity contribution in [1.29, 1.82) is 0 Å². The summed E-state index contributed by atoms with van der Waals surface area (Å²) in [6.07, 6.45) is 1.87. The zero-order valence-corrected chi connectivity index (χ0v) is 10.7. The standard InChI is InChI=1S/C12H20N2O3/c1-9-11(10(2)17-13-9)8-14(3)12(16)6-4-5-7-15/h15H,4-8H2,1-3H3. The Morgan fingerprint density at radius 1 is 1.41 bits per heavy atom. The Labute approximate surface area is 101 Å². The summed E-state index contributed by atoms with van der Waals surface area (Å²) in [5.74, 6) is 0.843. The van der Waals surface area contributed by atoms with Gasteiger partial charge >= 0.3 is 0 Å². The lowest BCUT2D eigenvalue weighted by Crippen LogP contribution is -2.26. The van der Waals surface area contributed by atoms with Crippen LogP contribution in [0.3, 0.4) is 0 Å². The van der Waals surface area contributed by atoms with Crippen molar-refractivity contribution in [2.24, 2.45) is 0 Å². The van der Waals surface area contributed by atoms with Crippen molar-refractivity contribution in [2.75, 3.05) is 13.7 Å². The van der Waals surface area contributed by atoms with Gasteiger partial charge in [-0.1, -0.05) is 5.16 Å². The Morgan fingerprint density at radius 3 is 2.65 bits per heavy atom. The molecule has 0 aromatic carbocycles. The van der Waals surface area contributed by atoms with Gasteiger partial charge in [0, 0.05) is 25.6 Å². The molecule has 0 atom stereocenters. The molecule has 1 rings (SSSR count). The third kappa shape index (κ3) is 3.85. The van der Waals surface area contributed by atoms with Crippen molar-refractivity contribution >= 4 is 5.91 Å². The number of rotatable bonds is 6. The van der Waals surface area contributed by atoms with Crippen LogP contribution in [0.25, 0.3) is 0 Å². The number of unbranched alkanes of at least 4 members (excludes halogenated alkanes) is 1. The third-order valence-electron chi connectivity index (χ3n) is 2.80. The maximum atomic E-state index is 11.8. The van der Waals surface area contributed by atoms with Crippen LogP contribution in [0.1, 0.15) is 36.3 Å². The van der Waals surface area contributed by atoms with E-state index in [1.54, 1.807) is 11.9 Å². The van der Waals surface area contributed by atoms with E-state index in [0.717, 1.165) is 23.4 Å². The van der Waals surface area contributed by atoms with E-state index in [1.165, 1.54) is 0 Å². The van der Waals surface area contributed by atoms with Gasteiger partial charge in [-0.25, -0.2) is 0 Å². The number of nitrogens with zero attached hydrogens (tertiary/aromatic N) is 2. The molecule has 0 saturated heterocycles. The number of aliphatic hydroxyl groups excluding tert-OH is 1. The molecule has 1 heterocycles. The molecule has 17 heavy (non-hydrogen) atoms. The summed E-state index contributed by atoms with van der Waals surface area (Å²) in [5.41, 5.74) is 1.81. The third-order valence-corrected chi connectivity index (χ3v) is 2.80. The van der Waals surface area contributed by atoms with Crippen molar-refractivity contribution < 1.29 is 14.4 Å². The fourth-order valence-electron chi connectivity index (χ4n) is 1.63. The molecule has 5 nitrogen and oxygen atoms in total. The number of carbonyl (C=O) groups is 1. The maximum absolute atomic E-state index is 11.8. The van der Waals surface area contributed by atoms with Crippen LogP contribution >= 0.6 is 0 Å². The number of carbonyl (C=O) groups excluding carboxylic acids is 1. The lowest BCUT2D eigenvalue weighted by molar-refractivity contribution is -0.130. The number of amides is 1. The average molecular weight is 240 g/mol. The highest BCUT2D eigenvalue weighted by Crippen LogP contribution is 2.14. The van der Waals surface area contributed by atoms with Crippen LogP contribution < -0.4 is 0 Å². The second-order valence-corrected chi connectivity index (χ2v) is 4.23. The first-order valence-corrected chi connectivity index (χ1v) is 5.82. The van der Waals surface area contributed by atoms with Gasteiger partial charge in [0.15, 0.2) is 0 Å². The summed E-state index contributed by atoms with van der Waals surface area (Å²) in [6.45, 7) is 4.38. The van der Waals surface area contributed by atoms with Gasteiger partial charge in [0.05, 0.1) is 12.2 Å². The normalized spacial score (nSPS) is 10.6. The number of hydrogen-bond acceptors (Lipinski definition) is 4. The number of aryl methyl sites for hydroxylation is 2. The van der Waals surface area contributed by atoms with Crippen LogP contribution in [-0.4, -0.2) is 34.7 Å². The minimum Gasteiger partial charge on any atom is -0.396 e. The summed E-state index contributed by atoms with van der Waals surface area (Å²) >= 11 is 0. The monoisotopic (exact) mass is 240 g/mol. The number of hydrogen-bond donors (Lipinski definition) is 1. The van der Waals surface area contributed by atoms with E-state index < -0.39 is 0 Å². The molecule has 0 spiro atoms. The van der Waals surface area contributed by atoms with E-state index in [9.17, 15) is 4.79 Å². The molecule has 1 amide bonds. The molecule has 5 heteroatoms. The van der Waals surface area contributed by atoms with Crippen molar-refractivity contribution in [3.8, 4) is 0 Å². The van der Waals surface area contributed by atoms with Crippen molar-refractivity contribution in [3.63, 3.8) is 0 Å². The van der Waals surface area contributed by atoms with Crippen molar-refractivity contribution in [3.05, 3.63) is 17.0 Å². The largest absolute Gasteiger partial charge is 0.396 e. The van der Waals surface area contributed by atoms with Gasteiger partial charge < -0.3 is 14.5 Å². The van der Waals surface area contributed by atoms with E-state index in [0.29, 0.717) is 19.4 Å². The summed E-state index contributed by atoms with van der Waals surface area (Å²) < 4.78 is 5.05. The van der Waals surface area contributed by atoms with Crippen LogP contribution in [0, 0.1) is 13.8 Å². The van der Waals surface area contributed by atoms with Crippen molar-refractivity contribution in [2.45, 2.75) is 39.7 Å². The maximum Gasteiger partial charge on any atom is 0.222 e. The topological polar surface area (TPSA) is 66.6 Å². The predicted octanol–water partition coefficient (Wildman–Crippen LogP) is 1.41. The first-order valence-electron chi connectivity index (χ1n) is 5.82. The van der Waals surface area contributed by atoms with Gasteiger partial charge in [-0.2, -0.15) is 0 Å². The van der Waals surface area contributed by atoms with E-state index in [2.05, 4.69) is 5.16 Å². The Kier molecular flexibility index (Phi) is 5.15. The summed E-state index contributed by atoms with van der Waals surface area (Å²) in [6, 6.07) is 0. The molecule has 1 aromatic rings. The Morgan fingerprint density at radius 2 is 2.12 bits per heavy atom. The van der Waals surface area contributed by atoms with Crippen LogP contribution in [0.4, 0.5) is 0 Å². The SMILES string of the molecule is Cc1noc(C)c1CN(C)C(=O)CCCCO. The molecule has 0 aliphatic rings. The van der Waals surface area contributed by atoms with Gasteiger partial charge in [-0.3, -0.25) is 4.79 Å². The van der Waals surface area contributed by atoms with Crippen LogP contribution in [0.5, 0.6) is 0 Å². The highest BCUT2D eigenvalue weighted by atomic mass is 16.5. The Balaban J connectivity index is 2.48. The van der Waals surface area contributed by atoms with E-state index in [1.807, 2.05) is 13.8 Å². The van der Waals surface area contributed by atoms with Crippen LogP contribution in [0.2, 0.25) is 0 Å². The van der Waals surface area contributed by atoms with E-state index in [-0.39, 0.29) is 12.5 Å². The van der Waals surface area contributed by atoms with Crippen LogP contribution in [-0.2, 0) is 11.3 Å². The predicted molar refractivity (Wildman–Crippen MR) is 63.4 cm³/mol. The zero-order valence-electron chi connectivity index (χ0n) is 10.7. The Bertz CT molecular complexity index is 354. The molecular weight excluding hydrogens is 220 g/mol.